The molecule has 0 saturated heterocycles. The Kier molecular flexibility index (Phi) is 4.62. The Morgan fingerprint density at radius 3 is 2.14 bits per heavy atom. The van der Waals surface area contributed by atoms with E-state index in [4.69, 9.17) is 0 Å². The summed E-state index contributed by atoms with van der Waals surface area (Å²) in [6.45, 7) is -2.80. The molecule has 2 nitrogen and oxygen atoms in total. The van der Waals surface area contributed by atoms with Crippen LogP contribution in [0, 0.1) is 17.5 Å². The summed E-state index contributed by atoms with van der Waals surface area (Å²) in [5, 5.41) is 2.59. The molecule has 7 heteroatoms. The summed E-state index contributed by atoms with van der Waals surface area (Å²) in [6, 6.07) is 6.77. The van der Waals surface area contributed by atoms with Crippen LogP contribution in [0.15, 0.2) is 36.4 Å². The average Bonchev–Trinajstić information content (AvgIpc) is 2.42. The molecule has 0 amide bonds. The second kappa shape index (κ2) is 6.43. The first kappa shape index (κ1) is 15.1. The van der Waals surface area contributed by atoms with Gasteiger partial charge in [-0.05, 0) is 17.7 Å². The van der Waals surface area contributed by atoms with Gasteiger partial charge in [-0.2, -0.15) is 8.78 Å². The monoisotopic (exact) mass is 303 g/mol. The van der Waals surface area contributed by atoms with Gasteiger partial charge >= 0.3 is 6.61 Å². The van der Waals surface area contributed by atoms with Crippen LogP contribution in [0.4, 0.5) is 27.6 Å². The highest BCUT2D eigenvalue weighted by Crippen LogP contribution is 2.20. The molecular weight excluding hydrogens is 293 g/mol. The van der Waals surface area contributed by atoms with Crippen molar-refractivity contribution in [2.45, 2.75) is 13.2 Å². The highest BCUT2D eigenvalue weighted by Gasteiger charge is 2.09. The Morgan fingerprint density at radius 1 is 0.905 bits per heavy atom. The summed E-state index contributed by atoms with van der Waals surface area (Å²) in [4.78, 5) is 0. The predicted octanol–water partition coefficient (Wildman–Crippen LogP) is 4.32. The Balaban J connectivity index is 2.01. The Hall–Kier alpha value is -2.31. The van der Waals surface area contributed by atoms with E-state index in [1.165, 1.54) is 24.3 Å². The molecule has 21 heavy (non-hydrogen) atoms. The molecule has 0 aliphatic rings. The smallest absolute Gasteiger partial charge is 0.387 e. The van der Waals surface area contributed by atoms with Gasteiger partial charge in [0.2, 0.25) is 0 Å². The molecule has 2 aromatic rings. The molecule has 0 aromatic heterocycles. The maximum atomic E-state index is 13.4. The highest BCUT2D eigenvalue weighted by atomic mass is 19.3. The molecule has 2 aromatic carbocycles. The number of rotatable bonds is 5. The van der Waals surface area contributed by atoms with E-state index in [1.807, 2.05) is 0 Å². The van der Waals surface area contributed by atoms with Crippen LogP contribution >= 0.6 is 0 Å². The third kappa shape index (κ3) is 4.08. The maximum absolute atomic E-state index is 13.4. The summed E-state index contributed by atoms with van der Waals surface area (Å²) < 4.78 is 67.2. The first-order valence-electron chi connectivity index (χ1n) is 5.88. The number of hydrogen-bond donors (Lipinski definition) is 1. The Bertz CT molecular complexity index is 616. The molecule has 0 bridgehead atoms. The van der Waals surface area contributed by atoms with Crippen LogP contribution in [-0.2, 0) is 6.54 Å². The van der Waals surface area contributed by atoms with E-state index in [1.54, 1.807) is 0 Å². The van der Waals surface area contributed by atoms with Crippen molar-refractivity contribution in [3.8, 4) is 5.75 Å². The largest absolute Gasteiger partial charge is 0.435 e. The van der Waals surface area contributed by atoms with Crippen molar-refractivity contribution in [2.24, 2.45) is 0 Å². The van der Waals surface area contributed by atoms with Crippen LogP contribution in [0.25, 0.3) is 0 Å². The molecule has 0 aliphatic carbocycles. The predicted molar refractivity (Wildman–Crippen MR) is 66.7 cm³/mol. The van der Waals surface area contributed by atoms with Gasteiger partial charge in [-0.15, -0.1) is 0 Å². The summed E-state index contributed by atoms with van der Waals surface area (Å²) in [5.41, 5.74) is 0.433. The van der Waals surface area contributed by atoms with Gasteiger partial charge < -0.3 is 10.1 Å². The van der Waals surface area contributed by atoms with E-state index >= 15 is 0 Å². The fourth-order valence-corrected chi connectivity index (χ4v) is 1.64. The maximum Gasteiger partial charge on any atom is 0.387 e. The van der Waals surface area contributed by atoms with Gasteiger partial charge in [-0.3, -0.25) is 0 Å². The third-order valence-electron chi connectivity index (χ3n) is 2.64. The van der Waals surface area contributed by atoms with Crippen LogP contribution < -0.4 is 10.1 Å². The SMILES string of the molecule is Fc1cc(F)c(NCc2ccc(OC(F)F)cc2)cc1F. The van der Waals surface area contributed by atoms with Gasteiger partial charge in [0.1, 0.15) is 11.6 Å². The van der Waals surface area contributed by atoms with Crippen molar-refractivity contribution < 1.29 is 26.7 Å². The van der Waals surface area contributed by atoms with Crippen LogP contribution in [0.3, 0.4) is 0 Å². The van der Waals surface area contributed by atoms with Crippen LogP contribution in [-0.4, -0.2) is 6.61 Å². The van der Waals surface area contributed by atoms with E-state index in [9.17, 15) is 22.0 Å². The molecule has 0 unspecified atom stereocenters. The fraction of sp³-hybridized carbons (Fsp3) is 0.143. The molecule has 0 spiro atoms. The van der Waals surface area contributed by atoms with Gasteiger partial charge in [0.15, 0.2) is 11.6 Å². The van der Waals surface area contributed by atoms with Gasteiger partial charge in [0, 0.05) is 18.7 Å². The first-order valence-corrected chi connectivity index (χ1v) is 5.88. The lowest BCUT2D eigenvalue weighted by Crippen LogP contribution is -2.04. The zero-order valence-corrected chi connectivity index (χ0v) is 10.5. The molecule has 0 saturated carbocycles. The van der Waals surface area contributed by atoms with Crippen molar-refractivity contribution in [1.29, 1.82) is 0 Å². The standard InChI is InChI=1S/C14H10F5NO/c15-10-5-12(17)13(6-11(10)16)20-7-8-1-3-9(4-2-8)21-14(18)19/h1-6,14,20H,7H2. The number of anilines is 1. The molecule has 0 fully saturated rings. The summed E-state index contributed by atoms with van der Waals surface area (Å²) in [6.07, 6.45) is 0. The Morgan fingerprint density at radius 2 is 1.52 bits per heavy atom. The van der Waals surface area contributed by atoms with Crippen molar-refractivity contribution in [2.75, 3.05) is 5.32 Å². The average molecular weight is 303 g/mol. The summed E-state index contributed by atoms with van der Waals surface area (Å²) in [5.74, 6) is -3.37. The topological polar surface area (TPSA) is 21.3 Å². The van der Waals surface area contributed by atoms with E-state index in [0.29, 0.717) is 17.7 Å². The van der Waals surface area contributed by atoms with Crippen LogP contribution in [0.5, 0.6) is 5.75 Å². The number of hydrogen-bond acceptors (Lipinski definition) is 2. The molecule has 1 N–H and O–H groups in total. The summed E-state index contributed by atoms with van der Waals surface area (Å²) in [7, 11) is 0. The molecule has 0 atom stereocenters. The second-order valence-electron chi connectivity index (χ2n) is 4.12. The first-order chi connectivity index (χ1) is 9.95. The van der Waals surface area contributed by atoms with E-state index in [2.05, 4.69) is 10.1 Å². The third-order valence-corrected chi connectivity index (χ3v) is 2.64. The zero-order valence-electron chi connectivity index (χ0n) is 10.5. The minimum Gasteiger partial charge on any atom is -0.435 e. The van der Waals surface area contributed by atoms with Gasteiger partial charge in [-0.1, -0.05) is 12.1 Å². The summed E-state index contributed by atoms with van der Waals surface area (Å²) >= 11 is 0. The lowest BCUT2D eigenvalue weighted by Gasteiger charge is -2.09. The minimum atomic E-state index is -2.91. The Labute approximate surface area is 117 Å². The van der Waals surface area contributed by atoms with Crippen LogP contribution in [0.2, 0.25) is 0 Å². The van der Waals surface area contributed by atoms with Crippen molar-refractivity contribution >= 4 is 5.69 Å². The van der Waals surface area contributed by atoms with E-state index in [-0.39, 0.29) is 18.0 Å². The number of benzene rings is 2. The van der Waals surface area contributed by atoms with Gasteiger partial charge in [-0.25, -0.2) is 13.2 Å². The molecule has 2 rings (SSSR count). The number of nitrogens with one attached hydrogen (secondary N) is 1. The van der Waals surface area contributed by atoms with Crippen molar-refractivity contribution in [1.82, 2.24) is 0 Å². The molecule has 0 radical (unpaired) electrons. The van der Waals surface area contributed by atoms with Gasteiger partial charge in [0.05, 0.1) is 5.69 Å². The van der Waals surface area contributed by atoms with Gasteiger partial charge in [0.25, 0.3) is 0 Å². The van der Waals surface area contributed by atoms with Crippen LogP contribution in [0.1, 0.15) is 5.56 Å². The van der Waals surface area contributed by atoms with E-state index in [0.717, 1.165) is 0 Å². The highest BCUT2D eigenvalue weighted by molar-refractivity contribution is 5.46. The molecule has 0 heterocycles. The lowest BCUT2D eigenvalue weighted by atomic mass is 10.2. The molecule has 0 aliphatic heterocycles. The number of ether oxygens (including phenoxy) is 1. The second-order valence-corrected chi connectivity index (χ2v) is 4.12. The molecule has 112 valence electrons. The lowest BCUT2D eigenvalue weighted by molar-refractivity contribution is -0.0498. The zero-order chi connectivity index (χ0) is 15.4. The number of halogens is 5. The quantitative estimate of drug-likeness (QED) is 0.656. The minimum absolute atomic E-state index is 0.00671. The fourth-order valence-electron chi connectivity index (χ4n) is 1.64. The normalized spacial score (nSPS) is 10.8. The molecular formula is C14H10F5NO. The van der Waals surface area contributed by atoms with Crippen molar-refractivity contribution in [3.05, 3.63) is 59.4 Å². The number of alkyl halides is 2. The van der Waals surface area contributed by atoms with E-state index < -0.39 is 24.1 Å². The van der Waals surface area contributed by atoms with Crippen molar-refractivity contribution in [3.63, 3.8) is 0 Å².